The van der Waals surface area contributed by atoms with Gasteiger partial charge < -0.3 is 56.7 Å². The molecular formula is C42H61N7O13. The number of aliphatic hydroxyl groups excluding tert-OH is 1. The molecule has 20 heteroatoms. The second-order valence-corrected chi connectivity index (χ2v) is 16.1. The molecule has 4 bridgehead atoms. The number of carboxylic acid groups (broad SMARTS) is 1. The van der Waals surface area contributed by atoms with Crippen LogP contribution in [0.1, 0.15) is 96.2 Å². The van der Waals surface area contributed by atoms with Crippen molar-refractivity contribution in [2.75, 3.05) is 27.2 Å². The number of aromatic hydroxyl groups is 2. The lowest BCUT2D eigenvalue weighted by Crippen LogP contribution is -2.99. The van der Waals surface area contributed by atoms with Crippen LogP contribution in [-0.2, 0) is 40.0 Å². The monoisotopic (exact) mass is 871 g/mol. The summed E-state index contributed by atoms with van der Waals surface area (Å²) in [6.45, 7) is 5.54. The normalized spacial score (nSPS) is 18.0. The molecule has 1 unspecified atom stereocenters. The van der Waals surface area contributed by atoms with Gasteiger partial charge in [0.05, 0.1) is 13.2 Å². The van der Waals surface area contributed by atoms with Crippen molar-refractivity contribution in [2.24, 2.45) is 5.92 Å². The molecule has 2 aromatic rings. The molecular weight excluding hydrogens is 810 g/mol. The molecule has 0 spiro atoms. The number of rotatable bonds is 19. The molecule has 3 rings (SSSR count). The second kappa shape index (κ2) is 23.4. The highest BCUT2D eigenvalue weighted by Gasteiger charge is 2.34. The molecule has 0 aliphatic carbocycles. The Morgan fingerprint density at radius 1 is 0.887 bits per heavy atom. The Hall–Kier alpha value is -5.83. The Morgan fingerprint density at radius 2 is 1.53 bits per heavy atom. The van der Waals surface area contributed by atoms with Crippen molar-refractivity contribution in [2.45, 2.75) is 116 Å². The minimum absolute atomic E-state index is 0.0127. The van der Waals surface area contributed by atoms with Crippen LogP contribution >= 0.6 is 0 Å². The molecule has 6 amide bonds. The molecule has 10 N–H and O–H groups in total. The van der Waals surface area contributed by atoms with Crippen molar-refractivity contribution >= 4 is 47.1 Å². The molecule has 0 aromatic heterocycles. The number of fused-ring (bicyclic) bond motifs is 5. The van der Waals surface area contributed by atoms with Crippen molar-refractivity contribution < 1.29 is 64.4 Å². The number of carboxylic acids is 1. The smallest absolute Gasteiger partial charge is 0.326 e. The van der Waals surface area contributed by atoms with E-state index in [1.165, 1.54) is 59.0 Å². The summed E-state index contributed by atoms with van der Waals surface area (Å²) < 4.78 is 0. The highest BCUT2D eigenvalue weighted by molar-refractivity contribution is 5.96. The molecule has 1 aliphatic heterocycles. The Labute approximate surface area is 360 Å². The Kier molecular flexibility index (Phi) is 19.1. The van der Waals surface area contributed by atoms with Crippen LogP contribution in [0.2, 0.25) is 0 Å². The summed E-state index contributed by atoms with van der Waals surface area (Å²) in [4.78, 5) is 93.9. The van der Waals surface area contributed by atoms with Gasteiger partial charge in [0.15, 0.2) is 5.75 Å². The van der Waals surface area contributed by atoms with E-state index in [4.69, 9.17) is 0 Å². The van der Waals surface area contributed by atoms with Gasteiger partial charge in [-0.25, -0.2) is 10.0 Å². The number of aliphatic hydroxyl groups is 1. The van der Waals surface area contributed by atoms with E-state index in [-0.39, 0.29) is 34.6 Å². The number of hydrogen-bond acceptors (Lipinski definition) is 12. The molecule has 0 saturated heterocycles. The molecule has 62 heavy (non-hydrogen) atoms. The maximum absolute atomic E-state index is 13.9. The summed E-state index contributed by atoms with van der Waals surface area (Å²) in [6, 6.07) is -1.24. The predicted molar refractivity (Wildman–Crippen MR) is 223 cm³/mol. The van der Waals surface area contributed by atoms with Crippen molar-refractivity contribution in [3.05, 3.63) is 46.7 Å². The van der Waals surface area contributed by atoms with E-state index in [0.717, 1.165) is 47.6 Å². The number of carbonyl (C=O) groups is 7. The summed E-state index contributed by atoms with van der Waals surface area (Å²) in [5, 5.41) is 71.7. The van der Waals surface area contributed by atoms with Gasteiger partial charge in [0.25, 0.3) is 0 Å². The minimum atomic E-state index is -1.62. The SMILES string of the molecule is CC(C)CCCCCCCCC(=O)N(C)[C@H](CO)C(=O)N[C@H](C)C(=O)NCC(=O)N(C)[C@H]1C(=O)N[C@@H](C)C(=O)N[C@@H](C(=O)O)Cc2cc(c(O)c([NH+]([O-])O)c2)-c2cc1ccc2O. The quantitative estimate of drug-likeness (QED) is 0.0524. The first-order valence-corrected chi connectivity index (χ1v) is 20.6. The summed E-state index contributed by atoms with van der Waals surface area (Å²) in [6.07, 6.45) is 6.76. The van der Waals surface area contributed by atoms with Crippen molar-refractivity contribution in [3.63, 3.8) is 0 Å². The third kappa shape index (κ3) is 13.8. The number of aliphatic carboxylic acids is 1. The van der Waals surface area contributed by atoms with E-state index in [1.54, 1.807) is 0 Å². The van der Waals surface area contributed by atoms with Gasteiger partial charge in [-0.2, -0.15) is 5.23 Å². The van der Waals surface area contributed by atoms with Gasteiger partial charge >= 0.3 is 5.97 Å². The molecule has 0 saturated carbocycles. The highest BCUT2D eigenvalue weighted by atomic mass is 16.8. The van der Waals surface area contributed by atoms with E-state index in [2.05, 4.69) is 35.1 Å². The molecule has 1 heterocycles. The van der Waals surface area contributed by atoms with Gasteiger partial charge in [0.1, 0.15) is 36.0 Å². The largest absolute Gasteiger partial charge is 0.595 e. The Bertz CT molecular complexity index is 1940. The average molecular weight is 872 g/mol. The zero-order chi connectivity index (χ0) is 46.4. The highest BCUT2D eigenvalue weighted by Crippen LogP contribution is 2.41. The number of phenolic OH excluding ortho intramolecular Hbond substituents is 2. The van der Waals surface area contributed by atoms with Crippen LogP contribution in [0.5, 0.6) is 11.5 Å². The first-order chi connectivity index (χ1) is 29.2. The van der Waals surface area contributed by atoms with E-state index in [0.29, 0.717) is 12.3 Å². The van der Waals surface area contributed by atoms with Crippen LogP contribution < -0.4 is 26.5 Å². The average Bonchev–Trinajstić information content (AvgIpc) is 3.20. The third-order valence-corrected chi connectivity index (χ3v) is 10.8. The number of carbonyl (C=O) groups excluding carboxylic acids is 6. The fourth-order valence-corrected chi connectivity index (χ4v) is 6.99. The van der Waals surface area contributed by atoms with E-state index >= 15 is 0 Å². The van der Waals surface area contributed by atoms with Gasteiger partial charge in [-0.3, -0.25) is 28.8 Å². The number of phenols is 2. The molecule has 1 aliphatic rings. The Balaban J connectivity index is 1.77. The van der Waals surface area contributed by atoms with E-state index < -0.39 is 108 Å². The van der Waals surface area contributed by atoms with Crippen LogP contribution in [0.25, 0.3) is 11.1 Å². The molecule has 6 atom stereocenters. The molecule has 342 valence electrons. The van der Waals surface area contributed by atoms with Gasteiger partial charge in [0, 0.05) is 44.1 Å². The van der Waals surface area contributed by atoms with E-state index in [9.17, 15) is 64.4 Å². The van der Waals surface area contributed by atoms with Gasteiger partial charge in [-0.1, -0.05) is 58.4 Å². The predicted octanol–water partition coefficient (Wildman–Crippen LogP) is 0.515. The van der Waals surface area contributed by atoms with Crippen LogP contribution in [0.4, 0.5) is 5.69 Å². The molecule has 0 radical (unpaired) electrons. The number of amides is 6. The van der Waals surface area contributed by atoms with E-state index in [1.807, 2.05) is 0 Å². The maximum Gasteiger partial charge on any atom is 0.326 e. The fourth-order valence-electron chi connectivity index (χ4n) is 6.99. The summed E-state index contributed by atoms with van der Waals surface area (Å²) in [7, 11) is 2.59. The number of likely N-dealkylation sites (N-methyl/N-ethyl adjacent to an activating group) is 2. The number of benzene rings is 2. The van der Waals surface area contributed by atoms with Gasteiger partial charge in [-0.05, 0) is 55.5 Å². The third-order valence-electron chi connectivity index (χ3n) is 10.8. The van der Waals surface area contributed by atoms with Crippen LogP contribution in [0, 0.1) is 11.1 Å². The lowest BCUT2D eigenvalue weighted by molar-refractivity contribution is -0.991. The van der Waals surface area contributed by atoms with Crippen molar-refractivity contribution in [3.8, 4) is 22.6 Å². The summed E-state index contributed by atoms with van der Waals surface area (Å²) in [5.74, 6) is -6.82. The summed E-state index contributed by atoms with van der Waals surface area (Å²) in [5.41, 5.74) is -1.01. The first-order valence-electron chi connectivity index (χ1n) is 20.6. The van der Waals surface area contributed by atoms with Crippen LogP contribution in [0.15, 0.2) is 30.3 Å². The lowest BCUT2D eigenvalue weighted by Gasteiger charge is -2.30. The zero-order valence-corrected chi connectivity index (χ0v) is 36.0. The zero-order valence-electron chi connectivity index (χ0n) is 36.0. The maximum atomic E-state index is 13.9. The number of unbranched alkanes of at least 4 members (excludes halogenated alkanes) is 5. The number of quaternary nitrogens is 1. The number of nitrogens with zero attached hydrogens (tertiary/aromatic N) is 2. The Morgan fingerprint density at radius 3 is 2.15 bits per heavy atom. The van der Waals surface area contributed by atoms with Gasteiger partial charge in [-0.15, -0.1) is 0 Å². The lowest BCUT2D eigenvalue weighted by atomic mass is 9.93. The van der Waals surface area contributed by atoms with Gasteiger partial charge in [0.2, 0.25) is 41.1 Å². The second-order valence-electron chi connectivity index (χ2n) is 16.1. The van der Waals surface area contributed by atoms with Crippen LogP contribution in [-0.4, -0.2) is 128 Å². The fraction of sp³-hybridized carbons (Fsp3) is 0.548. The number of nitrogens with one attached hydrogen (secondary N) is 5. The topological polar surface area (TPSA) is 303 Å². The van der Waals surface area contributed by atoms with Crippen molar-refractivity contribution in [1.82, 2.24) is 31.1 Å². The summed E-state index contributed by atoms with van der Waals surface area (Å²) >= 11 is 0. The van der Waals surface area contributed by atoms with Crippen molar-refractivity contribution in [1.29, 1.82) is 0 Å². The minimum Gasteiger partial charge on any atom is -0.595 e. The molecule has 20 nitrogen and oxygen atoms in total. The number of hydrogen-bond donors (Lipinski definition) is 10. The molecule has 0 fully saturated rings. The van der Waals surface area contributed by atoms with Crippen LogP contribution in [0.3, 0.4) is 0 Å². The molecule has 2 aromatic carbocycles. The standard InChI is InChI=1S/C42H61N7O13/c1-23(2)13-11-9-7-8-10-12-14-34(52)47(5)32(22-50)40(57)44-24(3)38(55)43-21-35(53)48(6)36-27-15-16-33(51)28(20-27)29-17-26(19-31(37(29)54)49(61)62)18-30(42(59)60)46-39(56)25(4)45-41(36)58/h15-17,19-20,23-25,30,32,36,49-51,54,61H,7-14,18,21-22H2,1-6H3,(H,43,55)(H,44,57)(H,45,58)(H,46,56)(H,59,60)/t24-,25+,30-,32-,36-/m1/s1. The first kappa shape index (κ1) is 50.5.